The molecule has 2 heterocycles. The van der Waals surface area contributed by atoms with Crippen LogP contribution in [0.5, 0.6) is 0 Å². The molecule has 0 spiro atoms. The molecule has 61 heavy (non-hydrogen) atoms. The highest BCUT2D eigenvalue weighted by Crippen LogP contribution is 2.41. The number of benzene rings is 10. The first-order chi connectivity index (χ1) is 30.2. The van der Waals surface area contributed by atoms with Crippen LogP contribution >= 0.6 is 0 Å². The van der Waals surface area contributed by atoms with Crippen LogP contribution in [0.3, 0.4) is 0 Å². The van der Waals surface area contributed by atoms with Gasteiger partial charge in [-0.15, -0.1) is 0 Å². The molecule has 0 aliphatic heterocycles. The maximum Gasteiger partial charge on any atom is 0.135 e. The van der Waals surface area contributed by atoms with Gasteiger partial charge < -0.3 is 13.9 Å². The largest absolute Gasteiger partial charge is 0.456 e. The lowest BCUT2D eigenvalue weighted by Crippen LogP contribution is -2.09. The second kappa shape index (κ2) is 14.3. The maximum atomic E-state index is 6.25. The van der Waals surface area contributed by atoms with Crippen LogP contribution in [0.15, 0.2) is 235 Å². The highest BCUT2D eigenvalue weighted by atomic mass is 16.3. The summed E-state index contributed by atoms with van der Waals surface area (Å²) in [5, 5.41) is 7.10. The van der Waals surface area contributed by atoms with Crippen LogP contribution in [0.25, 0.3) is 93.6 Å². The fraction of sp³-hybridized carbons (Fsp3) is 0. The van der Waals surface area contributed by atoms with Crippen molar-refractivity contribution in [2.24, 2.45) is 0 Å². The molecule has 2 aromatic heterocycles. The van der Waals surface area contributed by atoms with Gasteiger partial charge in [-0.3, -0.25) is 0 Å². The quantitative estimate of drug-likeness (QED) is 0.161. The molecule has 12 aromatic rings. The van der Waals surface area contributed by atoms with Crippen molar-refractivity contribution in [2.75, 3.05) is 4.90 Å². The van der Waals surface area contributed by atoms with E-state index in [0.29, 0.717) is 0 Å². The van der Waals surface area contributed by atoms with E-state index in [4.69, 9.17) is 4.42 Å². The van der Waals surface area contributed by atoms with Crippen molar-refractivity contribution < 1.29 is 4.42 Å². The molecule has 10 aromatic carbocycles. The van der Waals surface area contributed by atoms with Gasteiger partial charge in [0, 0.05) is 44.3 Å². The Labute approximate surface area is 353 Å². The van der Waals surface area contributed by atoms with Crippen molar-refractivity contribution in [3.8, 4) is 39.1 Å². The number of anilines is 3. The highest BCUT2D eigenvalue weighted by molar-refractivity contribution is 6.11. The molecule has 0 N–H and O–H groups in total. The molecular weight excluding hydrogens is 741 g/mol. The molecule has 12 rings (SSSR count). The lowest BCUT2D eigenvalue weighted by Gasteiger charge is -2.25. The third-order valence-corrected chi connectivity index (χ3v) is 12.1. The SMILES string of the molecule is c1ccc(N(c2ccccc2)c2ccc3cc(-c4cc(-c5ccc6oc7ccccc7c6c5)cc(-c5ccc6c(c5)c5ccccc5n6-c5ccccc5)c4)ccc3c2)cc1. The van der Waals surface area contributed by atoms with E-state index in [0.717, 1.165) is 61.4 Å². The minimum absolute atomic E-state index is 0.897. The molecule has 0 amide bonds. The molecule has 0 atom stereocenters. The molecule has 0 unspecified atom stereocenters. The molecular formula is C58H38N2O. The summed E-state index contributed by atoms with van der Waals surface area (Å²) in [7, 11) is 0. The molecule has 0 aliphatic carbocycles. The highest BCUT2D eigenvalue weighted by Gasteiger charge is 2.17. The zero-order chi connectivity index (χ0) is 40.3. The van der Waals surface area contributed by atoms with Gasteiger partial charge in [0.2, 0.25) is 0 Å². The van der Waals surface area contributed by atoms with Gasteiger partial charge in [0.05, 0.1) is 11.0 Å². The monoisotopic (exact) mass is 778 g/mol. The number of aromatic nitrogens is 1. The standard InChI is InChI=1S/C58H38N2O/c1-4-14-47(15-5-1)59(48-16-6-2-7-17-48)50-29-26-39-32-40(24-25-41(39)36-50)44-33-45(35-46(34-44)43-28-31-58-54(38-43)52-21-11-13-23-57(52)61-58)42-27-30-56-53(37-42)51-20-10-12-22-55(51)60(56)49-18-8-3-9-19-49/h1-38H. The van der Waals surface area contributed by atoms with Gasteiger partial charge in [0.25, 0.3) is 0 Å². The van der Waals surface area contributed by atoms with Gasteiger partial charge in [-0.05, 0) is 153 Å². The molecule has 3 nitrogen and oxygen atoms in total. The Bertz CT molecular complexity index is 3540. The van der Waals surface area contributed by atoms with E-state index >= 15 is 0 Å². The summed E-state index contributed by atoms with van der Waals surface area (Å²) in [4.78, 5) is 2.32. The van der Waals surface area contributed by atoms with E-state index < -0.39 is 0 Å². The van der Waals surface area contributed by atoms with Crippen LogP contribution < -0.4 is 4.90 Å². The van der Waals surface area contributed by atoms with E-state index in [1.54, 1.807) is 0 Å². The van der Waals surface area contributed by atoms with Crippen LogP contribution in [0.2, 0.25) is 0 Å². The second-order valence-electron chi connectivity index (χ2n) is 15.8. The lowest BCUT2D eigenvalue weighted by atomic mass is 9.91. The molecule has 0 aliphatic rings. The first kappa shape index (κ1) is 34.9. The summed E-state index contributed by atoms with van der Waals surface area (Å²) < 4.78 is 8.62. The zero-order valence-electron chi connectivity index (χ0n) is 33.2. The van der Waals surface area contributed by atoms with Crippen LogP contribution in [0.4, 0.5) is 17.1 Å². The van der Waals surface area contributed by atoms with Gasteiger partial charge >= 0.3 is 0 Å². The van der Waals surface area contributed by atoms with Gasteiger partial charge in [-0.1, -0.05) is 121 Å². The summed E-state index contributed by atoms with van der Waals surface area (Å²) >= 11 is 0. The average Bonchev–Trinajstić information content (AvgIpc) is 3.87. The predicted octanol–water partition coefficient (Wildman–Crippen LogP) is 16.3. The van der Waals surface area contributed by atoms with E-state index in [1.807, 2.05) is 12.1 Å². The van der Waals surface area contributed by atoms with Crippen molar-refractivity contribution in [1.29, 1.82) is 0 Å². The number of nitrogens with zero attached hydrogens (tertiary/aromatic N) is 2. The van der Waals surface area contributed by atoms with Crippen molar-refractivity contribution in [2.45, 2.75) is 0 Å². The molecule has 3 heteroatoms. The Morgan fingerprint density at radius 1 is 0.295 bits per heavy atom. The number of furan rings is 1. The first-order valence-electron chi connectivity index (χ1n) is 20.8. The average molecular weight is 779 g/mol. The Balaban J connectivity index is 1.02. The van der Waals surface area contributed by atoms with Gasteiger partial charge in [-0.25, -0.2) is 0 Å². The number of rotatable bonds is 7. The summed E-state index contributed by atoms with van der Waals surface area (Å²) in [5.74, 6) is 0. The summed E-state index contributed by atoms with van der Waals surface area (Å²) in [6.07, 6.45) is 0. The van der Waals surface area contributed by atoms with Crippen molar-refractivity contribution >= 4 is 71.6 Å². The lowest BCUT2D eigenvalue weighted by molar-refractivity contribution is 0.669. The van der Waals surface area contributed by atoms with Gasteiger partial charge in [-0.2, -0.15) is 0 Å². The van der Waals surface area contributed by atoms with Crippen LogP contribution in [0, 0.1) is 0 Å². The number of hydrogen-bond donors (Lipinski definition) is 0. The number of fused-ring (bicyclic) bond motifs is 7. The first-order valence-corrected chi connectivity index (χ1v) is 20.8. The van der Waals surface area contributed by atoms with Crippen LogP contribution in [-0.2, 0) is 0 Å². The van der Waals surface area contributed by atoms with E-state index in [2.05, 4.69) is 228 Å². The topological polar surface area (TPSA) is 21.3 Å². The van der Waals surface area contributed by atoms with Gasteiger partial charge in [0.1, 0.15) is 11.2 Å². The zero-order valence-corrected chi connectivity index (χ0v) is 33.2. The summed E-state index contributed by atoms with van der Waals surface area (Å²) in [6.45, 7) is 0. The molecule has 0 fully saturated rings. The second-order valence-corrected chi connectivity index (χ2v) is 15.8. The third-order valence-electron chi connectivity index (χ3n) is 12.1. The van der Waals surface area contributed by atoms with Crippen molar-refractivity contribution in [3.63, 3.8) is 0 Å². The molecule has 0 saturated carbocycles. The molecule has 0 saturated heterocycles. The normalized spacial score (nSPS) is 11.6. The fourth-order valence-electron chi connectivity index (χ4n) is 9.19. The number of hydrogen-bond acceptors (Lipinski definition) is 2. The Kier molecular flexibility index (Phi) is 8.17. The van der Waals surface area contributed by atoms with Crippen LogP contribution in [-0.4, -0.2) is 4.57 Å². The van der Waals surface area contributed by atoms with Crippen molar-refractivity contribution in [1.82, 2.24) is 4.57 Å². The number of para-hydroxylation sites is 5. The van der Waals surface area contributed by atoms with E-state index in [9.17, 15) is 0 Å². The minimum atomic E-state index is 0.897. The fourth-order valence-corrected chi connectivity index (χ4v) is 9.19. The van der Waals surface area contributed by atoms with E-state index in [-0.39, 0.29) is 0 Å². The van der Waals surface area contributed by atoms with Crippen molar-refractivity contribution in [3.05, 3.63) is 231 Å². The summed E-state index contributed by atoms with van der Waals surface area (Å²) in [6, 6.07) is 83.1. The predicted molar refractivity (Wildman–Crippen MR) is 257 cm³/mol. The molecule has 0 bridgehead atoms. The van der Waals surface area contributed by atoms with Gasteiger partial charge in [0.15, 0.2) is 0 Å². The smallest absolute Gasteiger partial charge is 0.135 e. The minimum Gasteiger partial charge on any atom is -0.456 e. The third kappa shape index (κ3) is 6.06. The maximum absolute atomic E-state index is 6.25. The van der Waals surface area contributed by atoms with Crippen LogP contribution in [0.1, 0.15) is 0 Å². The Morgan fingerprint density at radius 2 is 0.803 bits per heavy atom. The molecule has 286 valence electrons. The van der Waals surface area contributed by atoms with E-state index in [1.165, 1.54) is 49.3 Å². The summed E-state index contributed by atoms with van der Waals surface area (Å²) in [5.41, 5.74) is 15.7. The Morgan fingerprint density at radius 3 is 1.52 bits per heavy atom. The Hall–Kier alpha value is -8.14. The molecule has 0 radical (unpaired) electrons.